The minimum atomic E-state index is -0.0973. The second-order valence-corrected chi connectivity index (χ2v) is 6.59. The van der Waals surface area contributed by atoms with Crippen molar-refractivity contribution < 1.29 is 9.59 Å². The van der Waals surface area contributed by atoms with E-state index in [0.29, 0.717) is 16.3 Å². The lowest BCUT2D eigenvalue weighted by atomic mass is 10.3. The van der Waals surface area contributed by atoms with E-state index in [1.807, 2.05) is 36.5 Å². The average molecular weight is 339 g/mol. The molecule has 2 aromatic heterocycles. The molecular weight excluding hydrogens is 322 g/mol. The van der Waals surface area contributed by atoms with Gasteiger partial charge in [-0.25, -0.2) is 4.68 Å². The molecule has 0 N–H and O–H groups in total. The fourth-order valence-corrected chi connectivity index (χ4v) is 3.24. The Balaban J connectivity index is 1.70. The highest BCUT2D eigenvalue weighted by atomic mass is 32.1. The quantitative estimate of drug-likeness (QED) is 0.669. The van der Waals surface area contributed by atoms with Gasteiger partial charge in [-0.2, -0.15) is 5.10 Å². The number of ketones is 1. The zero-order valence-electron chi connectivity index (χ0n) is 13.5. The van der Waals surface area contributed by atoms with Gasteiger partial charge in [-0.15, -0.1) is 11.3 Å². The van der Waals surface area contributed by atoms with E-state index in [2.05, 4.69) is 5.10 Å². The number of Topliss-reactive ketones (excluding diaryl/α,β-unsaturated/α-hetero) is 1. The Hall–Kier alpha value is -2.73. The summed E-state index contributed by atoms with van der Waals surface area (Å²) in [5, 5.41) is 4.34. The molecule has 3 rings (SSSR count). The van der Waals surface area contributed by atoms with Gasteiger partial charge in [0.1, 0.15) is 0 Å². The normalized spacial score (nSPS) is 10.6. The molecule has 1 aromatic carbocycles. The molecule has 0 saturated heterocycles. The van der Waals surface area contributed by atoms with Crippen LogP contribution in [0, 0.1) is 0 Å². The third-order valence-electron chi connectivity index (χ3n) is 3.59. The van der Waals surface area contributed by atoms with E-state index in [9.17, 15) is 9.59 Å². The van der Waals surface area contributed by atoms with E-state index in [-0.39, 0.29) is 11.7 Å². The SMILES string of the molecule is CC(=O)c1ccc(C(=O)N(C)Cc2cnn(-c3ccccc3)c2)s1. The number of aromatic nitrogens is 2. The number of nitrogens with zero attached hydrogens (tertiary/aromatic N) is 3. The van der Waals surface area contributed by atoms with Crippen molar-refractivity contribution in [1.29, 1.82) is 0 Å². The van der Waals surface area contributed by atoms with Gasteiger partial charge < -0.3 is 4.90 Å². The minimum Gasteiger partial charge on any atom is -0.337 e. The van der Waals surface area contributed by atoms with Crippen LogP contribution in [0.2, 0.25) is 0 Å². The van der Waals surface area contributed by atoms with Crippen LogP contribution in [0.4, 0.5) is 0 Å². The maximum atomic E-state index is 12.5. The predicted molar refractivity (Wildman–Crippen MR) is 93.7 cm³/mol. The van der Waals surface area contributed by atoms with E-state index in [4.69, 9.17) is 0 Å². The summed E-state index contributed by atoms with van der Waals surface area (Å²) in [6, 6.07) is 13.2. The first-order chi connectivity index (χ1) is 11.5. The largest absolute Gasteiger partial charge is 0.337 e. The van der Waals surface area contributed by atoms with Crippen LogP contribution in [-0.2, 0) is 6.54 Å². The summed E-state index contributed by atoms with van der Waals surface area (Å²) in [4.78, 5) is 26.6. The number of benzene rings is 1. The Morgan fingerprint density at radius 3 is 2.50 bits per heavy atom. The van der Waals surface area contributed by atoms with Crippen molar-refractivity contribution >= 4 is 23.0 Å². The van der Waals surface area contributed by atoms with E-state index >= 15 is 0 Å². The summed E-state index contributed by atoms with van der Waals surface area (Å²) < 4.78 is 1.78. The first kappa shape index (κ1) is 16.1. The second-order valence-electron chi connectivity index (χ2n) is 5.51. The zero-order valence-corrected chi connectivity index (χ0v) is 14.3. The second kappa shape index (κ2) is 6.80. The number of hydrogen-bond acceptors (Lipinski definition) is 4. The maximum absolute atomic E-state index is 12.5. The van der Waals surface area contributed by atoms with Crippen molar-refractivity contribution in [2.24, 2.45) is 0 Å². The van der Waals surface area contributed by atoms with Crippen molar-refractivity contribution in [3.63, 3.8) is 0 Å². The van der Waals surface area contributed by atoms with Gasteiger partial charge in [0.05, 0.1) is 21.6 Å². The Morgan fingerprint density at radius 1 is 1.12 bits per heavy atom. The lowest BCUT2D eigenvalue weighted by Crippen LogP contribution is -2.25. The summed E-state index contributed by atoms with van der Waals surface area (Å²) in [5.41, 5.74) is 1.92. The molecule has 3 aromatic rings. The van der Waals surface area contributed by atoms with E-state index in [1.165, 1.54) is 18.3 Å². The van der Waals surface area contributed by atoms with E-state index in [1.54, 1.807) is 35.0 Å². The molecule has 0 aliphatic heterocycles. The molecule has 6 heteroatoms. The molecule has 0 radical (unpaired) electrons. The van der Waals surface area contributed by atoms with Gasteiger partial charge in [0.15, 0.2) is 5.78 Å². The molecule has 2 heterocycles. The molecule has 0 fully saturated rings. The number of thiophene rings is 1. The van der Waals surface area contributed by atoms with Crippen LogP contribution >= 0.6 is 11.3 Å². The molecule has 5 nitrogen and oxygen atoms in total. The third kappa shape index (κ3) is 3.44. The fraction of sp³-hybridized carbons (Fsp3) is 0.167. The van der Waals surface area contributed by atoms with Gasteiger partial charge in [0, 0.05) is 25.4 Å². The average Bonchev–Trinajstić information content (AvgIpc) is 3.24. The highest BCUT2D eigenvalue weighted by Gasteiger charge is 2.16. The number of hydrogen-bond donors (Lipinski definition) is 0. The van der Waals surface area contributed by atoms with Gasteiger partial charge >= 0.3 is 0 Å². The predicted octanol–water partition coefficient (Wildman–Crippen LogP) is 3.41. The van der Waals surface area contributed by atoms with Crippen LogP contribution in [0.5, 0.6) is 0 Å². The number of rotatable bonds is 5. The van der Waals surface area contributed by atoms with E-state index < -0.39 is 0 Å². The van der Waals surface area contributed by atoms with Crippen molar-refractivity contribution in [2.75, 3.05) is 7.05 Å². The Kier molecular flexibility index (Phi) is 4.57. The van der Waals surface area contributed by atoms with Crippen LogP contribution in [-0.4, -0.2) is 33.4 Å². The monoisotopic (exact) mass is 339 g/mol. The topological polar surface area (TPSA) is 55.2 Å². The number of para-hydroxylation sites is 1. The summed E-state index contributed by atoms with van der Waals surface area (Å²) in [7, 11) is 1.75. The highest BCUT2D eigenvalue weighted by Crippen LogP contribution is 2.19. The van der Waals surface area contributed by atoms with Crippen LogP contribution in [0.1, 0.15) is 31.8 Å². The molecule has 0 bridgehead atoms. The van der Waals surface area contributed by atoms with Gasteiger partial charge in [0.2, 0.25) is 0 Å². The lowest BCUT2D eigenvalue weighted by Gasteiger charge is -2.14. The highest BCUT2D eigenvalue weighted by molar-refractivity contribution is 7.15. The Bertz CT molecular complexity index is 867. The lowest BCUT2D eigenvalue weighted by molar-refractivity contribution is 0.0789. The number of carbonyl (C=O) groups excluding carboxylic acids is 2. The third-order valence-corrected chi connectivity index (χ3v) is 4.76. The van der Waals surface area contributed by atoms with Crippen molar-refractivity contribution in [1.82, 2.24) is 14.7 Å². The van der Waals surface area contributed by atoms with Crippen LogP contribution in [0.15, 0.2) is 54.9 Å². The summed E-state index contributed by atoms with van der Waals surface area (Å²) in [6.07, 6.45) is 3.67. The zero-order chi connectivity index (χ0) is 17.1. The smallest absolute Gasteiger partial charge is 0.263 e. The molecule has 1 amide bonds. The molecule has 0 saturated carbocycles. The summed E-state index contributed by atoms with van der Waals surface area (Å²) in [5.74, 6) is -0.120. The van der Waals surface area contributed by atoms with Crippen molar-refractivity contribution in [3.8, 4) is 5.69 Å². The Labute approximate surface area is 144 Å². The standard InChI is InChI=1S/C18H17N3O2S/c1-13(22)16-8-9-17(24-16)18(23)20(2)11-14-10-19-21(12-14)15-6-4-3-5-7-15/h3-10,12H,11H2,1-2H3. The number of amides is 1. The summed E-state index contributed by atoms with van der Waals surface area (Å²) >= 11 is 1.23. The number of carbonyl (C=O) groups is 2. The van der Waals surface area contributed by atoms with Crippen LogP contribution < -0.4 is 0 Å². The molecule has 0 spiro atoms. The maximum Gasteiger partial charge on any atom is 0.263 e. The van der Waals surface area contributed by atoms with E-state index in [0.717, 1.165) is 11.3 Å². The van der Waals surface area contributed by atoms with Crippen molar-refractivity contribution in [3.05, 3.63) is 70.2 Å². The first-order valence-corrected chi connectivity index (χ1v) is 8.31. The summed E-state index contributed by atoms with van der Waals surface area (Å²) in [6.45, 7) is 1.96. The first-order valence-electron chi connectivity index (χ1n) is 7.50. The van der Waals surface area contributed by atoms with Gasteiger partial charge in [-0.05, 0) is 31.2 Å². The fourth-order valence-electron chi connectivity index (χ4n) is 2.34. The molecule has 24 heavy (non-hydrogen) atoms. The Morgan fingerprint density at radius 2 is 1.83 bits per heavy atom. The van der Waals surface area contributed by atoms with Crippen molar-refractivity contribution in [2.45, 2.75) is 13.5 Å². The molecule has 0 aliphatic carbocycles. The van der Waals surface area contributed by atoms with Crippen LogP contribution in [0.25, 0.3) is 5.69 Å². The molecule has 0 atom stereocenters. The minimum absolute atomic E-state index is 0.0224. The van der Waals surface area contributed by atoms with Gasteiger partial charge in [0.25, 0.3) is 5.91 Å². The van der Waals surface area contributed by atoms with Crippen LogP contribution in [0.3, 0.4) is 0 Å². The molecule has 0 aliphatic rings. The molecule has 0 unspecified atom stereocenters. The molecular formula is C18H17N3O2S. The van der Waals surface area contributed by atoms with Gasteiger partial charge in [-0.1, -0.05) is 18.2 Å². The van der Waals surface area contributed by atoms with Gasteiger partial charge in [-0.3, -0.25) is 9.59 Å². The molecule has 122 valence electrons.